The van der Waals surface area contributed by atoms with Gasteiger partial charge in [0.15, 0.2) is 0 Å². The van der Waals surface area contributed by atoms with Crippen LogP contribution in [0.4, 0.5) is 11.4 Å². The third-order valence-electron chi connectivity index (χ3n) is 3.85. The van der Waals surface area contributed by atoms with Crippen molar-refractivity contribution in [3.05, 3.63) is 30.6 Å². The SMILES string of the molecule is CCC(C)(CC)Nc1ccc(N)c2cnccc12. The van der Waals surface area contributed by atoms with Gasteiger partial charge in [-0.2, -0.15) is 0 Å². The molecule has 0 aliphatic heterocycles. The van der Waals surface area contributed by atoms with Gasteiger partial charge in [0.2, 0.25) is 0 Å². The fraction of sp³-hybridized carbons (Fsp3) is 0.400. The van der Waals surface area contributed by atoms with E-state index in [1.165, 1.54) is 0 Å². The molecule has 18 heavy (non-hydrogen) atoms. The molecule has 1 aromatic carbocycles. The van der Waals surface area contributed by atoms with Crippen molar-refractivity contribution in [2.45, 2.75) is 39.2 Å². The smallest absolute Gasteiger partial charge is 0.0426 e. The predicted molar refractivity (Wildman–Crippen MR) is 78.8 cm³/mol. The molecular weight excluding hydrogens is 222 g/mol. The van der Waals surface area contributed by atoms with E-state index < -0.39 is 0 Å². The Morgan fingerprint density at radius 1 is 1.17 bits per heavy atom. The molecule has 0 radical (unpaired) electrons. The number of hydrogen-bond acceptors (Lipinski definition) is 3. The maximum absolute atomic E-state index is 5.99. The molecule has 0 spiro atoms. The average Bonchev–Trinajstić information content (AvgIpc) is 2.42. The van der Waals surface area contributed by atoms with E-state index in [1.54, 1.807) is 0 Å². The van der Waals surface area contributed by atoms with E-state index in [1.807, 2.05) is 24.5 Å². The summed E-state index contributed by atoms with van der Waals surface area (Å²) < 4.78 is 0. The Labute approximate surface area is 108 Å². The van der Waals surface area contributed by atoms with Gasteiger partial charge in [-0.05, 0) is 38.0 Å². The Morgan fingerprint density at radius 3 is 2.56 bits per heavy atom. The molecule has 0 aliphatic carbocycles. The van der Waals surface area contributed by atoms with Crippen LogP contribution in [0.1, 0.15) is 33.6 Å². The van der Waals surface area contributed by atoms with Gasteiger partial charge < -0.3 is 11.1 Å². The molecule has 0 atom stereocenters. The van der Waals surface area contributed by atoms with Crippen molar-refractivity contribution < 1.29 is 0 Å². The molecule has 2 rings (SSSR count). The number of nitrogens with two attached hydrogens (primary N) is 1. The molecule has 1 heterocycles. The summed E-state index contributed by atoms with van der Waals surface area (Å²) in [4.78, 5) is 4.14. The van der Waals surface area contributed by atoms with Crippen LogP contribution in [-0.4, -0.2) is 10.5 Å². The highest BCUT2D eigenvalue weighted by Crippen LogP contribution is 2.31. The first-order chi connectivity index (χ1) is 8.59. The fourth-order valence-corrected chi connectivity index (χ4v) is 2.07. The van der Waals surface area contributed by atoms with Gasteiger partial charge >= 0.3 is 0 Å². The summed E-state index contributed by atoms with van der Waals surface area (Å²) in [6.07, 6.45) is 5.80. The molecule has 0 aliphatic rings. The quantitative estimate of drug-likeness (QED) is 0.803. The molecule has 0 saturated carbocycles. The second kappa shape index (κ2) is 4.84. The number of pyridine rings is 1. The number of aromatic nitrogens is 1. The average molecular weight is 243 g/mol. The molecule has 3 N–H and O–H groups in total. The number of hydrogen-bond donors (Lipinski definition) is 2. The first kappa shape index (κ1) is 12.7. The van der Waals surface area contributed by atoms with Gasteiger partial charge in [0.05, 0.1) is 0 Å². The van der Waals surface area contributed by atoms with Crippen LogP contribution in [0.5, 0.6) is 0 Å². The minimum Gasteiger partial charge on any atom is -0.398 e. The molecule has 2 aromatic rings. The molecule has 0 bridgehead atoms. The number of rotatable bonds is 4. The first-order valence-electron chi connectivity index (χ1n) is 6.50. The Bertz CT molecular complexity index is 544. The van der Waals surface area contributed by atoms with Crippen LogP contribution in [0.3, 0.4) is 0 Å². The summed E-state index contributed by atoms with van der Waals surface area (Å²) in [5.74, 6) is 0. The van der Waals surface area contributed by atoms with Crippen molar-refractivity contribution in [3.8, 4) is 0 Å². The van der Waals surface area contributed by atoms with Gasteiger partial charge in [0, 0.05) is 40.1 Å². The summed E-state index contributed by atoms with van der Waals surface area (Å²) in [6.45, 7) is 6.66. The van der Waals surface area contributed by atoms with Crippen molar-refractivity contribution in [3.63, 3.8) is 0 Å². The van der Waals surface area contributed by atoms with Gasteiger partial charge in [0.25, 0.3) is 0 Å². The number of fused-ring (bicyclic) bond motifs is 1. The number of benzene rings is 1. The molecular formula is C15H21N3. The van der Waals surface area contributed by atoms with Crippen LogP contribution in [0.15, 0.2) is 30.6 Å². The van der Waals surface area contributed by atoms with Crippen molar-refractivity contribution in [2.24, 2.45) is 0 Å². The topological polar surface area (TPSA) is 50.9 Å². The van der Waals surface area contributed by atoms with Gasteiger partial charge in [0.1, 0.15) is 0 Å². The summed E-state index contributed by atoms with van der Waals surface area (Å²) in [6, 6.07) is 6.01. The lowest BCUT2D eigenvalue weighted by Crippen LogP contribution is -2.33. The van der Waals surface area contributed by atoms with Crippen LogP contribution in [-0.2, 0) is 0 Å². The van der Waals surface area contributed by atoms with E-state index >= 15 is 0 Å². The zero-order chi connectivity index (χ0) is 13.2. The van der Waals surface area contributed by atoms with E-state index in [4.69, 9.17) is 5.73 Å². The minimum absolute atomic E-state index is 0.117. The van der Waals surface area contributed by atoms with Gasteiger partial charge in [-0.1, -0.05) is 13.8 Å². The Hall–Kier alpha value is -1.77. The van der Waals surface area contributed by atoms with E-state index in [0.29, 0.717) is 0 Å². The van der Waals surface area contributed by atoms with Crippen molar-refractivity contribution in [1.29, 1.82) is 0 Å². The molecule has 3 nitrogen and oxygen atoms in total. The zero-order valence-corrected chi connectivity index (χ0v) is 11.3. The van der Waals surface area contributed by atoms with Crippen molar-refractivity contribution in [1.82, 2.24) is 4.98 Å². The summed E-state index contributed by atoms with van der Waals surface area (Å²) in [5.41, 5.74) is 8.01. The first-order valence-corrected chi connectivity index (χ1v) is 6.50. The van der Waals surface area contributed by atoms with Crippen LogP contribution < -0.4 is 11.1 Å². The third kappa shape index (κ3) is 2.26. The molecule has 1 aromatic heterocycles. The molecule has 3 heteroatoms. The summed E-state index contributed by atoms with van der Waals surface area (Å²) >= 11 is 0. The standard InChI is InChI=1S/C15H21N3/c1-4-15(3,5-2)18-14-7-6-13(16)12-10-17-9-8-11(12)14/h6-10,18H,4-5,16H2,1-3H3. The number of nitrogens with zero attached hydrogens (tertiary/aromatic N) is 1. The number of nitrogen functional groups attached to an aromatic ring is 1. The maximum Gasteiger partial charge on any atom is 0.0426 e. The highest BCUT2D eigenvalue weighted by atomic mass is 15.0. The molecule has 96 valence electrons. The van der Waals surface area contributed by atoms with Gasteiger partial charge in [-0.25, -0.2) is 0 Å². The van der Waals surface area contributed by atoms with E-state index in [2.05, 4.69) is 37.1 Å². The maximum atomic E-state index is 5.99. The van der Waals surface area contributed by atoms with Crippen LogP contribution >= 0.6 is 0 Å². The molecule has 0 amide bonds. The Kier molecular flexibility index (Phi) is 3.41. The van der Waals surface area contributed by atoms with E-state index in [9.17, 15) is 0 Å². The van der Waals surface area contributed by atoms with Gasteiger partial charge in [-0.3, -0.25) is 4.98 Å². The predicted octanol–water partition coefficient (Wildman–Crippen LogP) is 3.81. The lowest BCUT2D eigenvalue weighted by atomic mass is 9.94. The lowest BCUT2D eigenvalue weighted by Gasteiger charge is -2.30. The number of anilines is 2. The highest BCUT2D eigenvalue weighted by molar-refractivity contribution is 6.00. The van der Waals surface area contributed by atoms with Crippen LogP contribution in [0, 0.1) is 0 Å². The second-order valence-corrected chi connectivity index (χ2v) is 5.02. The van der Waals surface area contributed by atoms with Crippen molar-refractivity contribution in [2.75, 3.05) is 11.1 Å². The lowest BCUT2D eigenvalue weighted by molar-refractivity contribution is 0.479. The second-order valence-electron chi connectivity index (χ2n) is 5.02. The van der Waals surface area contributed by atoms with Crippen LogP contribution in [0.25, 0.3) is 10.8 Å². The Balaban J connectivity index is 2.49. The third-order valence-corrected chi connectivity index (χ3v) is 3.85. The fourth-order valence-electron chi connectivity index (χ4n) is 2.07. The Morgan fingerprint density at radius 2 is 1.89 bits per heavy atom. The molecule has 0 unspecified atom stereocenters. The molecule has 0 fully saturated rings. The van der Waals surface area contributed by atoms with E-state index in [0.717, 1.165) is 35.0 Å². The number of nitrogens with one attached hydrogen (secondary N) is 1. The normalized spacial score (nSPS) is 11.7. The van der Waals surface area contributed by atoms with E-state index in [-0.39, 0.29) is 5.54 Å². The largest absolute Gasteiger partial charge is 0.398 e. The minimum atomic E-state index is 0.117. The zero-order valence-electron chi connectivity index (χ0n) is 11.3. The van der Waals surface area contributed by atoms with Crippen molar-refractivity contribution >= 4 is 22.1 Å². The molecule has 0 saturated heterocycles. The summed E-state index contributed by atoms with van der Waals surface area (Å²) in [7, 11) is 0. The van der Waals surface area contributed by atoms with Gasteiger partial charge in [-0.15, -0.1) is 0 Å². The van der Waals surface area contributed by atoms with Crippen LogP contribution in [0.2, 0.25) is 0 Å². The highest BCUT2D eigenvalue weighted by Gasteiger charge is 2.19. The summed E-state index contributed by atoms with van der Waals surface area (Å²) in [5, 5.41) is 5.79. The monoisotopic (exact) mass is 243 g/mol.